The normalized spacial score (nSPS) is 12.7. The largest absolute Gasteiger partial charge is 0.480 e. The van der Waals surface area contributed by atoms with E-state index in [0.29, 0.717) is 28.1 Å². The minimum Gasteiger partial charge on any atom is -0.480 e. The van der Waals surface area contributed by atoms with Crippen LogP contribution in [-0.2, 0) is 4.79 Å². The molecular weight excluding hydrogens is 372 g/mol. The first-order chi connectivity index (χ1) is 13.6. The van der Waals surface area contributed by atoms with Gasteiger partial charge in [-0.2, -0.15) is 5.10 Å². The number of hydrogen-bond donors (Lipinski definition) is 2. The molecule has 1 unspecified atom stereocenters. The molecule has 0 aliphatic rings. The Kier molecular flexibility index (Phi) is 5.46. The molecular formula is C21H26N4O4. The molecule has 3 heterocycles. The highest BCUT2D eigenvalue weighted by molar-refractivity contribution is 6.07. The Morgan fingerprint density at radius 2 is 1.86 bits per heavy atom. The smallest absolute Gasteiger partial charge is 0.326 e. The standard InChI is InChI=1S/C21H26N4O4/c1-10(2)18(21(27)28)24-20(26)15-8-17(14-7-12(5)29-13(14)6)23-19-16(15)9-22-25(19)11(3)4/h7-11,18H,1-6H3,(H,24,26)(H,27,28). The number of nitrogens with zero attached hydrogens (tertiary/aromatic N) is 3. The summed E-state index contributed by atoms with van der Waals surface area (Å²) in [6, 6.07) is 2.59. The number of aromatic nitrogens is 3. The van der Waals surface area contributed by atoms with Gasteiger partial charge in [-0.15, -0.1) is 0 Å². The average Bonchev–Trinajstić information content (AvgIpc) is 3.20. The maximum Gasteiger partial charge on any atom is 0.326 e. The Bertz CT molecular complexity index is 1080. The number of aryl methyl sites for hydroxylation is 2. The predicted octanol–water partition coefficient (Wildman–Crippen LogP) is 3.73. The van der Waals surface area contributed by atoms with Crippen LogP contribution in [0.3, 0.4) is 0 Å². The van der Waals surface area contributed by atoms with Gasteiger partial charge in [0.1, 0.15) is 17.6 Å². The van der Waals surface area contributed by atoms with Gasteiger partial charge in [0.15, 0.2) is 5.65 Å². The summed E-state index contributed by atoms with van der Waals surface area (Å²) in [6.07, 6.45) is 1.60. The van der Waals surface area contributed by atoms with Crippen molar-refractivity contribution < 1.29 is 19.1 Å². The van der Waals surface area contributed by atoms with Crippen LogP contribution in [-0.4, -0.2) is 37.8 Å². The molecule has 3 rings (SSSR count). The molecule has 29 heavy (non-hydrogen) atoms. The number of aliphatic carboxylic acids is 1. The molecule has 3 aromatic rings. The molecule has 0 spiro atoms. The molecule has 0 saturated heterocycles. The molecule has 0 bridgehead atoms. The fourth-order valence-electron chi connectivity index (χ4n) is 3.34. The lowest BCUT2D eigenvalue weighted by molar-refractivity contribution is -0.140. The van der Waals surface area contributed by atoms with Crippen LogP contribution in [0, 0.1) is 19.8 Å². The van der Waals surface area contributed by atoms with E-state index in [9.17, 15) is 14.7 Å². The van der Waals surface area contributed by atoms with E-state index in [4.69, 9.17) is 9.40 Å². The number of pyridine rings is 1. The molecule has 3 aromatic heterocycles. The minimum atomic E-state index is -1.07. The number of amides is 1. The van der Waals surface area contributed by atoms with E-state index in [1.54, 1.807) is 30.8 Å². The van der Waals surface area contributed by atoms with Crippen molar-refractivity contribution in [2.24, 2.45) is 5.92 Å². The molecule has 0 aliphatic carbocycles. The summed E-state index contributed by atoms with van der Waals surface area (Å²) in [5.41, 5.74) is 2.27. The van der Waals surface area contributed by atoms with Crippen molar-refractivity contribution >= 4 is 22.9 Å². The Balaban J connectivity index is 2.18. The number of fused-ring (bicyclic) bond motifs is 1. The Hall–Kier alpha value is -3.16. The number of carbonyl (C=O) groups is 2. The summed E-state index contributed by atoms with van der Waals surface area (Å²) in [7, 11) is 0. The summed E-state index contributed by atoms with van der Waals surface area (Å²) in [6.45, 7) is 11.1. The molecule has 2 N–H and O–H groups in total. The lowest BCUT2D eigenvalue weighted by atomic mass is 10.0. The lowest BCUT2D eigenvalue weighted by Crippen LogP contribution is -2.44. The lowest BCUT2D eigenvalue weighted by Gasteiger charge is -2.18. The van der Waals surface area contributed by atoms with Crippen LogP contribution < -0.4 is 5.32 Å². The zero-order valence-electron chi connectivity index (χ0n) is 17.5. The van der Waals surface area contributed by atoms with Crippen LogP contribution in [0.1, 0.15) is 55.6 Å². The van der Waals surface area contributed by atoms with E-state index in [2.05, 4.69) is 10.4 Å². The Labute approximate surface area is 168 Å². The molecule has 0 fully saturated rings. The molecule has 8 nitrogen and oxygen atoms in total. The Morgan fingerprint density at radius 1 is 1.17 bits per heavy atom. The molecule has 1 amide bonds. The topological polar surface area (TPSA) is 110 Å². The third-order valence-electron chi connectivity index (χ3n) is 4.84. The number of carboxylic acid groups (broad SMARTS) is 1. The predicted molar refractivity (Wildman–Crippen MR) is 109 cm³/mol. The van der Waals surface area contributed by atoms with Gasteiger partial charge < -0.3 is 14.8 Å². The van der Waals surface area contributed by atoms with Gasteiger partial charge in [0.2, 0.25) is 0 Å². The Morgan fingerprint density at radius 3 is 2.38 bits per heavy atom. The number of nitrogens with one attached hydrogen (secondary N) is 1. The first kappa shape index (κ1) is 20.6. The van der Waals surface area contributed by atoms with Crippen molar-refractivity contribution in [2.75, 3.05) is 0 Å². The highest BCUT2D eigenvalue weighted by atomic mass is 16.4. The van der Waals surface area contributed by atoms with Crippen molar-refractivity contribution in [3.8, 4) is 11.3 Å². The summed E-state index contributed by atoms with van der Waals surface area (Å²) in [5, 5.41) is 17.0. The second-order valence-corrected chi connectivity index (χ2v) is 7.84. The molecule has 0 aliphatic heterocycles. The van der Waals surface area contributed by atoms with E-state index in [1.165, 1.54) is 0 Å². The molecule has 0 aromatic carbocycles. The van der Waals surface area contributed by atoms with Crippen LogP contribution in [0.4, 0.5) is 0 Å². The third kappa shape index (κ3) is 3.87. The van der Waals surface area contributed by atoms with Crippen LogP contribution in [0.25, 0.3) is 22.3 Å². The van der Waals surface area contributed by atoms with Crippen molar-refractivity contribution in [3.63, 3.8) is 0 Å². The van der Waals surface area contributed by atoms with Gasteiger partial charge in [-0.1, -0.05) is 13.8 Å². The number of rotatable bonds is 6. The average molecular weight is 398 g/mol. The first-order valence-corrected chi connectivity index (χ1v) is 9.59. The van der Waals surface area contributed by atoms with E-state index in [0.717, 1.165) is 11.3 Å². The van der Waals surface area contributed by atoms with Crippen molar-refractivity contribution in [3.05, 3.63) is 35.4 Å². The monoisotopic (exact) mass is 398 g/mol. The number of hydrogen-bond acceptors (Lipinski definition) is 5. The first-order valence-electron chi connectivity index (χ1n) is 9.59. The number of furan rings is 1. The van der Waals surface area contributed by atoms with Crippen LogP contribution in [0.5, 0.6) is 0 Å². The van der Waals surface area contributed by atoms with Gasteiger partial charge in [-0.3, -0.25) is 4.79 Å². The third-order valence-corrected chi connectivity index (χ3v) is 4.84. The molecule has 8 heteroatoms. The second kappa shape index (κ2) is 7.69. The molecule has 154 valence electrons. The van der Waals surface area contributed by atoms with Crippen molar-refractivity contribution in [1.82, 2.24) is 20.1 Å². The second-order valence-electron chi connectivity index (χ2n) is 7.84. The maximum absolute atomic E-state index is 13.1. The minimum absolute atomic E-state index is 0.0424. The summed E-state index contributed by atoms with van der Waals surface area (Å²) in [5.74, 6) is -0.361. The summed E-state index contributed by atoms with van der Waals surface area (Å²) in [4.78, 5) is 29.4. The van der Waals surface area contributed by atoms with Gasteiger partial charge >= 0.3 is 5.97 Å². The van der Waals surface area contributed by atoms with Gasteiger partial charge in [0, 0.05) is 11.6 Å². The summed E-state index contributed by atoms with van der Waals surface area (Å²) >= 11 is 0. The van der Waals surface area contributed by atoms with Gasteiger partial charge in [0.05, 0.1) is 22.8 Å². The van der Waals surface area contributed by atoms with Crippen LogP contribution in [0.15, 0.2) is 22.7 Å². The number of carboxylic acids is 1. The fraction of sp³-hybridized carbons (Fsp3) is 0.429. The molecule has 0 radical (unpaired) electrons. The van der Waals surface area contributed by atoms with Gasteiger partial charge in [-0.25, -0.2) is 14.5 Å². The highest BCUT2D eigenvalue weighted by Crippen LogP contribution is 2.30. The van der Waals surface area contributed by atoms with Gasteiger partial charge in [0.25, 0.3) is 5.91 Å². The number of carbonyl (C=O) groups excluding carboxylic acids is 1. The zero-order chi connectivity index (χ0) is 21.5. The molecule has 0 saturated carbocycles. The van der Waals surface area contributed by atoms with Gasteiger partial charge in [-0.05, 0) is 45.7 Å². The van der Waals surface area contributed by atoms with E-state index in [1.807, 2.05) is 33.8 Å². The zero-order valence-corrected chi connectivity index (χ0v) is 17.5. The van der Waals surface area contributed by atoms with E-state index < -0.39 is 17.9 Å². The van der Waals surface area contributed by atoms with Crippen molar-refractivity contribution in [2.45, 2.75) is 53.6 Å². The molecule has 1 atom stereocenters. The van der Waals surface area contributed by atoms with Crippen LogP contribution >= 0.6 is 0 Å². The highest BCUT2D eigenvalue weighted by Gasteiger charge is 2.26. The van der Waals surface area contributed by atoms with E-state index in [-0.39, 0.29) is 12.0 Å². The fourth-order valence-corrected chi connectivity index (χ4v) is 3.34. The van der Waals surface area contributed by atoms with Crippen molar-refractivity contribution in [1.29, 1.82) is 0 Å². The van der Waals surface area contributed by atoms with E-state index >= 15 is 0 Å². The summed E-state index contributed by atoms with van der Waals surface area (Å²) < 4.78 is 7.37. The SMILES string of the molecule is Cc1cc(-c2cc(C(=O)NC(C(=O)O)C(C)C)c3cnn(C(C)C)c3n2)c(C)o1. The quantitative estimate of drug-likeness (QED) is 0.655. The van der Waals surface area contributed by atoms with Crippen LogP contribution in [0.2, 0.25) is 0 Å². The maximum atomic E-state index is 13.1.